The quantitative estimate of drug-likeness (QED) is 0.757. The van der Waals surface area contributed by atoms with E-state index in [1.165, 1.54) is 19.8 Å². The fraction of sp³-hybridized carbons (Fsp3) is 0.286. The molecule has 0 atom stereocenters. The number of benzene rings is 2. The second-order valence-electron chi connectivity index (χ2n) is 6.75. The number of carbonyl (C=O) groups excluding carboxylic acids is 3. The Bertz CT molecular complexity index is 840. The van der Waals surface area contributed by atoms with Crippen LogP contribution in [-0.2, 0) is 4.79 Å². The molecule has 6 heteroatoms. The van der Waals surface area contributed by atoms with Gasteiger partial charge >= 0.3 is 0 Å². The Morgan fingerprint density at radius 3 is 2.19 bits per heavy atom. The summed E-state index contributed by atoms with van der Waals surface area (Å²) in [7, 11) is 0. The van der Waals surface area contributed by atoms with E-state index in [9.17, 15) is 14.4 Å². The Balaban J connectivity index is 1.61. The van der Waals surface area contributed by atoms with Crippen molar-refractivity contribution in [3.63, 3.8) is 0 Å². The third-order valence-electron chi connectivity index (χ3n) is 4.54. The van der Waals surface area contributed by atoms with Gasteiger partial charge in [0.25, 0.3) is 11.8 Å². The molecule has 27 heavy (non-hydrogen) atoms. The Labute approximate surface area is 158 Å². The molecule has 0 aliphatic heterocycles. The topological polar surface area (TPSA) is 87.3 Å². The minimum absolute atomic E-state index is 0.0808. The summed E-state index contributed by atoms with van der Waals surface area (Å²) in [5, 5.41) is 8.49. The van der Waals surface area contributed by atoms with Gasteiger partial charge in [-0.25, -0.2) is 0 Å². The van der Waals surface area contributed by atoms with E-state index >= 15 is 0 Å². The normalized spacial score (nSPS) is 13.8. The summed E-state index contributed by atoms with van der Waals surface area (Å²) in [6.07, 6.45) is 4.41. The molecule has 2 aromatic carbocycles. The number of nitrogens with one attached hydrogen (secondary N) is 3. The maximum absolute atomic E-state index is 12.4. The summed E-state index contributed by atoms with van der Waals surface area (Å²) in [5.74, 6) is -0.563. The van der Waals surface area contributed by atoms with Crippen molar-refractivity contribution in [2.45, 2.75) is 38.6 Å². The Morgan fingerprint density at radius 2 is 1.52 bits per heavy atom. The van der Waals surface area contributed by atoms with E-state index < -0.39 is 0 Å². The van der Waals surface area contributed by atoms with Crippen LogP contribution in [-0.4, -0.2) is 23.8 Å². The minimum atomic E-state index is -0.287. The third-order valence-corrected chi connectivity index (χ3v) is 4.54. The number of amides is 3. The molecule has 1 aliphatic carbocycles. The van der Waals surface area contributed by atoms with Crippen LogP contribution in [0.2, 0.25) is 0 Å². The van der Waals surface area contributed by atoms with Gasteiger partial charge in [-0.15, -0.1) is 0 Å². The van der Waals surface area contributed by atoms with E-state index in [2.05, 4.69) is 16.0 Å². The van der Waals surface area contributed by atoms with E-state index in [0.29, 0.717) is 22.5 Å². The van der Waals surface area contributed by atoms with Gasteiger partial charge in [-0.1, -0.05) is 18.9 Å². The van der Waals surface area contributed by atoms with Gasteiger partial charge < -0.3 is 16.0 Å². The number of carbonyl (C=O) groups is 3. The van der Waals surface area contributed by atoms with Gasteiger partial charge in [-0.3, -0.25) is 14.4 Å². The van der Waals surface area contributed by atoms with Crippen molar-refractivity contribution in [3.05, 3.63) is 59.7 Å². The van der Waals surface area contributed by atoms with Crippen LogP contribution in [0.25, 0.3) is 0 Å². The van der Waals surface area contributed by atoms with E-state index in [0.717, 1.165) is 12.8 Å². The van der Waals surface area contributed by atoms with Gasteiger partial charge in [-0.05, 0) is 55.3 Å². The van der Waals surface area contributed by atoms with Crippen molar-refractivity contribution in [1.29, 1.82) is 0 Å². The van der Waals surface area contributed by atoms with E-state index in [4.69, 9.17) is 0 Å². The van der Waals surface area contributed by atoms with Crippen LogP contribution in [0.1, 0.15) is 53.3 Å². The number of anilines is 2. The molecule has 0 spiro atoms. The lowest BCUT2D eigenvalue weighted by atomic mass is 10.1. The maximum atomic E-state index is 12.4. The lowest BCUT2D eigenvalue weighted by molar-refractivity contribution is -0.114. The Kier molecular flexibility index (Phi) is 5.86. The van der Waals surface area contributed by atoms with Gasteiger partial charge in [-0.2, -0.15) is 0 Å². The van der Waals surface area contributed by atoms with Crippen LogP contribution < -0.4 is 16.0 Å². The predicted molar refractivity (Wildman–Crippen MR) is 105 cm³/mol. The van der Waals surface area contributed by atoms with E-state index in [1.807, 2.05) is 0 Å². The predicted octanol–water partition coefficient (Wildman–Crippen LogP) is 3.57. The van der Waals surface area contributed by atoms with Crippen LogP contribution in [0.4, 0.5) is 11.4 Å². The zero-order valence-electron chi connectivity index (χ0n) is 15.2. The average molecular weight is 365 g/mol. The fourth-order valence-electron chi connectivity index (χ4n) is 3.19. The summed E-state index contributed by atoms with van der Waals surface area (Å²) in [4.78, 5) is 35.8. The molecule has 3 amide bonds. The average Bonchev–Trinajstić information content (AvgIpc) is 3.15. The number of hydrogen-bond acceptors (Lipinski definition) is 3. The van der Waals surface area contributed by atoms with E-state index in [-0.39, 0.29) is 23.8 Å². The first-order valence-corrected chi connectivity index (χ1v) is 9.11. The molecular weight excluding hydrogens is 342 g/mol. The lowest BCUT2D eigenvalue weighted by Gasteiger charge is -2.12. The lowest BCUT2D eigenvalue weighted by Crippen LogP contribution is -2.32. The zero-order chi connectivity index (χ0) is 19.2. The molecule has 3 N–H and O–H groups in total. The Hall–Kier alpha value is -3.15. The van der Waals surface area contributed by atoms with Gasteiger partial charge in [0.15, 0.2) is 0 Å². The zero-order valence-corrected chi connectivity index (χ0v) is 15.2. The molecule has 140 valence electrons. The third kappa shape index (κ3) is 5.17. The molecule has 6 nitrogen and oxygen atoms in total. The van der Waals surface area contributed by atoms with Crippen molar-refractivity contribution in [3.8, 4) is 0 Å². The van der Waals surface area contributed by atoms with Crippen molar-refractivity contribution in [1.82, 2.24) is 5.32 Å². The summed E-state index contributed by atoms with van der Waals surface area (Å²) < 4.78 is 0. The van der Waals surface area contributed by atoms with Crippen LogP contribution >= 0.6 is 0 Å². The number of rotatable bonds is 5. The van der Waals surface area contributed by atoms with Gasteiger partial charge in [0.1, 0.15) is 0 Å². The summed E-state index contributed by atoms with van der Waals surface area (Å²) in [6, 6.07) is 13.8. The highest BCUT2D eigenvalue weighted by molar-refractivity contribution is 6.05. The second kappa shape index (κ2) is 8.49. The van der Waals surface area contributed by atoms with Crippen LogP contribution in [0.15, 0.2) is 48.5 Å². The fourth-order valence-corrected chi connectivity index (χ4v) is 3.19. The van der Waals surface area contributed by atoms with Crippen molar-refractivity contribution >= 4 is 29.1 Å². The first-order chi connectivity index (χ1) is 13.0. The van der Waals surface area contributed by atoms with Gasteiger partial charge in [0.2, 0.25) is 5.91 Å². The molecule has 0 bridgehead atoms. The molecule has 1 fully saturated rings. The molecule has 0 aromatic heterocycles. The van der Waals surface area contributed by atoms with Crippen LogP contribution in [0.3, 0.4) is 0 Å². The molecule has 1 aliphatic rings. The molecular formula is C21H23N3O3. The molecule has 0 heterocycles. The Morgan fingerprint density at radius 1 is 0.815 bits per heavy atom. The maximum Gasteiger partial charge on any atom is 0.255 e. The molecule has 0 radical (unpaired) electrons. The smallest absolute Gasteiger partial charge is 0.255 e. The monoisotopic (exact) mass is 365 g/mol. The number of hydrogen-bond donors (Lipinski definition) is 3. The molecule has 0 unspecified atom stereocenters. The van der Waals surface area contributed by atoms with E-state index in [1.54, 1.807) is 48.5 Å². The first kappa shape index (κ1) is 18.6. The first-order valence-electron chi connectivity index (χ1n) is 9.11. The molecule has 3 rings (SSSR count). The van der Waals surface area contributed by atoms with Gasteiger partial charge in [0, 0.05) is 35.5 Å². The summed E-state index contributed by atoms with van der Waals surface area (Å²) >= 11 is 0. The molecule has 2 aromatic rings. The summed E-state index contributed by atoms with van der Waals surface area (Å²) in [6.45, 7) is 1.41. The van der Waals surface area contributed by atoms with Crippen molar-refractivity contribution < 1.29 is 14.4 Å². The highest BCUT2D eigenvalue weighted by Gasteiger charge is 2.18. The SMILES string of the molecule is CC(=O)Nc1cccc(C(=O)Nc2ccc(C(=O)NC3CCCC3)cc2)c1. The van der Waals surface area contributed by atoms with Crippen molar-refractivity contribution in [2.75, 3.05) is 10.6 Å². The molecule has 0 saturated heterocycles. The van der Waals surface area contributed by atoms with Gasteiger partial charge in [0.05, 0.1) is 0 Å². The summed E-state index contributed by atoms with van der Waals surface area (Å²) in [5.41, 5.74) is 2.17. The van der Waals surface area contributed by atoms with Crippen molar-refractivity contribution in [2.24, 2.45) is 0 Å². The second-order valence-corrected chi connectivity index (χ2v) is 6.75. The largest absolute Gasteiger partial charge is 0.349 e. The standard InChI is InChI=1S/C21H23N3O3/c1-14(25)22-19-8-4-5-16(13-19)21(27)24-18-11-9-15(10-12-18)20(26)23-17-6-2-3-7-17/h4-5,8-13,17H,2-3,6-7H2,1H3,(H,22,25)(H,23,26)(H,24,27). The highest BCUT2D eigenvalue weighted by Crippen LogP contribution is 2.19. The molecule has 1 saturated carbocycles. The minimum Gasteiger partial charge on any atom is -0.349 e. The van der Waals surface area contributed by atoms with Crippen LogP contribution in [0.5, 0.6) is 0 Å². The highest BCUT2D eigenvalue weighted by atomic mass is 16.2. The van der Waals surface area contributed by atoms with Crippen LogP contribution in [0, 0.1) is 0 Å².